The van der Waals surface area contributed by atoms with Gasteiger partial charge in [0.15, 0.2) is 0 Å². The van der Waals surface area contributed by atoms with E-state index >= 15 is 0 Å². The second kappa shape index (κ2) is 6.33. The van der Waals surface area contributed by atoms with Gasteiger partial charge in [-0.1, -0.05) is 0 Å². The zero-order chi connectivity index (χ0) is 15.4. The molecule has 2 aromatic heterocycles. The summed E-state index contributed by atoms with van der Waals surface area (Å²) in [5, 5.41) is 13.6. The minimum Gasteiger partial charge on any atom is -0.357 e. The Kier molecular flexibility index (Phi) is 4.08. The van der Waals surface area contributed by atoms with Gasteiger partial charge in [0, 0.05) is 25.8 Å². The van der Waals surface area contributed by atoms with Gasteiger partial charge in [-0.25, -0.2) is 15.0 Å². The fourth-order valence-electron chi connectivity index (χ4n) is 2.38. The van der Waals surface area contributed by atoms with Gasteiger partial charge in [-0.2, -0.15) is 0 Å². The minimum atomic E-state index is -0.519. The molecule has 1 N–H and O–H groups in total. The molecule has 3 rings (SSSR count). The molecule has 8 nitrogen and oxygen atoms in total. The fraction of sp³-hybridized carbons (Fsp3) is 0.357. The SMILES string of the molecule is O=[N+]([O-])c1cnc(NCc2ccnc(N3CCCC3)c2)nc1. The number of pyridine rings is 1. The van der Waals surface area contributed by atoms with E-state index in [9.17, 15) is 10.1 Å². The van der Waals surface area contributed by atoms with Crippen LogP contribution in [-0.4, -0.2) is 33.0 Å². The quantitative estimate of drug-likeness (QED) is 0.666. The van der Waals surface area contributed by atoms with Gasteiger partial charge in [0.05, 0.1) is 4.92 Å². The third-order valence-corrected chi connectivity index (χ3v) is 3.54. The molecule has 0 amide bonds. The zero-order valence-corrected chi connectivity index (χ0v) is 12.0. The van der Waals surface area contributed by atoms with Crippen LogP contribution >= 0.6 is 0 Å². The van der Waals surface area contributed by atoms with Crippen molar-refractivity contribution in [3.05, 3.63) is 46.4 Å². The molecule has 0 aromatic carbocycles. The van der Waals surface area contributed by atoms with Gasteiger partial charge in [-0.05, 0) is 30.5 Å². The summed E-state index contributed by atoms with van der Waals surface area (Å²) in [5.41, 5.74) is 0.949. The first-order chi connectivity index (χ1) is 10.7. The van der Waals surface area contributed by atoms with E-state index in [-0.39, 0.29) is 5.69 Å². The predicted octanol–water partition coefficient (Wildman–Crippen LogP) is 1.99. The molecular formula is C14H16N6O2. The van der Waals surface area contributed by atoms with E-state index in [0.717, 1.165) is 24.5 Å². The van der Waals surface area contributed by atoms with Gasteiger partial charge >= 0.3 is 5.69 Å². The zero-order valence-electron chi connectivity index (χ0n) is 12.0. The highest BCUT2D eigenvalue weighted by Gasteiger charge is 2.13. The summed E-state index contributed by atoms with van der Waals surface area (Å²) in [7, 11) is 0. The van der Waals surface area contributed by atoms with Crippen LogP contribution in [0.4, 0.5) is 17.5 Å². The summed E-state index contributed by atoms with van der Waals surface area (Å²) in [6.07, 6.45) is 6.60. The van der Waals surface area contributed by atoms with Gasteiger partial charge < -0.3 is 10.2 Å². The maximum absolute atomic E-state index is 10.5. The molecule has 0 aliphatic carbocycles. The molecule has 1 aliphatic rings. The number of nitrogens with zero attached hydrogens (tertiary/aromatic N) is 5. The lowest BCUT2D eigenvalue weighted by Crippen LogP contribution is -2.19. The monoisotopic (exact) mass is 300 g/mol. The average molecular weight is 300 g/mol. The van der Waals surface area contributed by atoms with Crippen LogP contribution in [0.5, 0.6) is 0 Å². The highest BCUT2D eigenvalue weighted by atomic mass is 16.6. The summed E-state index contributed by atoms with van der Waals surface area (Å²) in [6, 6.07) is 3.97. The molecule has 2 aromatic rings. The lowest BCUT2D eigenvalue weighted by atomic mass is 10.2. The molecule has 0 unspecified atom stereocenters. The van der Waals surface area contributed by atoms with Crippen molar-refractivity contribution in [2.75, 3.05) is 23.3 Å². The highest BCUT2D eigenvalue weighted by Crippen LogP contribution is 2.19. The number of hydrogen-bond donors (Lipinski definition) is 1. The summed E-state index contributed by atoms with van der Waals surface area (Å²) in [5.74, 6) is 1.35. The van der Waals surface area contributed by atoms with Gasteiger partial charge in [0.1, 0.15) is 18.2 Å². The summed E-state index contributed by atoms with van der Waals surface area (Å²) >= 11 is 0. The van der Waals surface area contributed by atoms with Crippen molar-refractivity contribution in [1.29, 1.82) is 0 Å². The Labute approximate surface area is 127 Å². The molecule has 3 heterocycles. The summed E-state index contributed by atoms with van der Waals surface area (Å²) in [6.45, 7) is 2.64. The molecule has 114 valence electrons. The third kappa shape index (κ3) is 3.27. The van der Waals surface area contributed by atoms with Crippen molar-refractivity contribution in [2.45, 2.75) is 19.4 Å². The second-order valence-electron chi connectivity index (χ2n) is 5.09. The Morgan fingerprint density at radius 2 is 1.95 bits per heavy atom. The maximum Gasteiger partial charge on any atom is 0.305 e. The summed E-state index contributed by atoms with van der Waals surface area (Å²) < 4.78 is 0. The van der Waals surface area contributed by atoms with E-state index in [0.29, 0.717) is 12.5 Å². The Morgan fingerprint density at radius 3 is 2.64 bits per heavy atom. The molecule has 0 saturated carbocycles. The number of hydrogen-bond acceptors (Lipinski definition) is 7. The van der Waals surface area contributed by atoms with Gasteiger partial charge in [-0.3, -0.25) is 10.1 Å². The Morgan fingerprint density at radius 1 is 1.23 bits per heavy atom. The van der Waals surface area contributed by atoms with Crippen LogP contribution in [0.3, 0.4) is 0 Å². The molecule has 0 bridgehead atoms. The fourth-order valence-corrected chi connectivity index (χ4v) is 2.38. The van der Waals surface area contributed by atoms with E-state index < -0.39 is 4.92 Å². The highest BCUT2D eigenvalue weighted by molar-refractivity contribution is 5.42. The normalized spacial score (nSPS) is 14.1. The van der Waals surface area contributed by atoms with Crippen LogP contribution in [0.2, 0.25) is 0 Å². The van der Waals surface area contributed by atoms with Crippen LogP contribution in [-0.2, 0) is 6.54 Å². The van der Waals surface area contributed by atoms with E-state index in [2.05, 4.69) is 25.2 Å². The predicted molar refractivity (Wildman–Crippen MR) is 81.7 cm³/mol. The molecule has 0 atom stereocenters. The molecule has 0 spiro atoms. The first-order valence-corrected chi connectivity index (χ1v) is 7.12. The van der Waals surface area contributed by atoms with E-state index in [4.69, 9.17) is 0 Å². The Balaban J connectivity index is 1.63. The van der Waals surface area contributed by atoms with Gasteiger partial charge in [0.2, 0.25) is 5.95 Å². The largest absolute Gasteiger partial charge is 0.357 e. The topological polar surface area (TPSA) is 97.1 Å². The van der Waals surface area contributed by atoms with Crippen molar-refractivity contribution in [3.8, 4) is 0 Å². The standard InChI is InChI=1S/C14H16N6O2/c21-20(22)12-9-17-14(18-10-12)16-8-11-3-4-15-13(7-11)19-5-1-2-6-19/h3-4,7,9-10H,1-2,5-6,8H2,(H,16,17,18). The van der Waals surface area contributed by atoms with E-state index in [1.165, 1.54) is 25.2 Å². The molecular weight excluding hydrogens is 284 g/mol. The van der Waals surface area contributed by atoms with Crippen LogP contribution in [0.15, 0.2) is 30.7 Å². The summed E-state index contributed by atoms with van der Waals surface area (Å²) in [4.78, 5) is 24.5. The lowest BCUT2D eigenvalue weighted by Gasteiger charge is -2.16. The number of nitro groups is 1. The van der Waals surface area contributed by atoms with E-state index in [1.54, 1.807) is 6.20 Å². The number of rotatable bonds is 5. The smallest absolute Gasteiger partial charge is 0.305 e. The van der Waals surface area contributed by atoms with Gasteiger partial charge in [-0.15, -0.1) is 0 Å². The number of anilines is 2. The maximum atomic E-state index is 10.5. The number of aromatic nitrogens is 3. The van der Waals surface area contributed by atoms with Crippen LogP contribution in [0, 0.1) is 10.1 Å². The lowest BCUT2D eigenvalue weighted by molar-refractivity contribution is -0.385. The van der Waals surface area contributed by atoms with Crippen LogP contribution in [0.1, 0.15) is 18.4 Å². The Hall–Kier alpha value is -2.77. The minimum absolute atomic E-state index is 0.120. The van der Waals surface area contributed by atoms with Gasteiger partial charge in [0.25, 0.3) is 0 Å². The molecule has 1 fully saturated rings. The molecule has 0 radical (unpaired) electrons. The first-order valence-electron chi connectivity index (χ1n) is 7.12. The van der Waals surface area contributed by atoms with Crippen molar-refractivity contribution < 1.29 is 4.92 Å². The van der Waals surface area contributed by atoms with Crippen molar-refractivity contribution in [3.63, 3.8) is 0 Å². The van der Waals surface area contributed by atoms with Crippen molar-refractivity contribution >= 4 is 17.5 Å². The Bertz CT molecular complexity index is 655. The third-order valence-electron chi connectivity index (χ3n) is 3.54. The van der Waals surface area contributed by atoms with Crippen LogP contribution in [0.25, 0.3) is 0 Å². The van der Waals surface area contributed by atoms with Crippen molar-refractivity contribution in [1.82, 2.24) is 15.0 Å². The van der Waals surface area contributed by atoms with Crippen molar-refractivity contribution in [2.24, 2.45) is 0 Å². The molecule has 1 aliphatic heterocycles. The molecule has 8 heteroatoms. The second-order valence-corrected chi connectivity index (χ2v) is 5.09. The molecule has 1 saturated heterocycles. The van der Waals surface area contributed by atoms with E-state index in [1.807, 2.05) is 12.1 Å². The number of nitrogens with one attached hydrogen (secondary N) is 1. The van der Waals surface area contributed by atoms with Crippen LogP contribution < -0.4 is 10.2 Å². The molecule has 22 heavy (non-hydrogen) atoms. The average Bonchev–Trinajstić information content (AvgIpc) is 3.08. The first kappa shape index (κ1) is 14.2.